The number of aliphatic imine (C=N–C) groups is 1. The molecule has 88 valence electrons. The van der Waals surface area contributed by atoms with E-state index in [0.29, 0.717) is 5.71 Å². The summed E-state index contributed by atoms with van der Waals surface area (Å²) in [5.41, 5.74) is 3.69. The summed E-state index contributed by atoms with van der Waals surface area (Å²) in [6.07, 6.45) is 0.969. The Labute approximate surface area is 91.2 Å². The molecule has 0 aromatic rings. The van der Waals surface area contributed by atoms with Crippen LogP contribution in [-0.4, -0.2) is 47.7 Å². The maximum Gasteiger partial charge on any atom is 0.328 e. The Hall–Kier alpha value is -1.73. The molecule has 1 heterocycles. The van der Waals surface area contributed by atoms with Crippen LogP contribution in [0.1, 0.15) is 0 Å². The van der Waals surface area contributed by atoms with Gasteiger partial charge in [0.05, 0.1) is 12.3 Å². The molecular formula is C9H12N2O5. The van der Waals surface area contributed by atoms with Gasteiger partial charge in [-0.2, -0.15) is 0 Å². The molecule has 0 fully saturated rings. The molecule has 0 amide bonds. The number of methoxy groups -OCH3 is 1. The van der Waals surface area contributed by atoms with Gasteiger partial charge in [-0.25, -0.2) is 0 Å². The second kappa shape index (κ2) is 4.42. The van der Waals surface area contributed by atoms with Crippen LogP contribution in [0.2, 0.25) is 0 Å². The maximum atomic E-state index is 11.0. The van der Waals surface area contributed by atoms with E-state index in [1.54, 1.807) is 0 Å². The van der Waals surface area contributed by atoms with Crippen molar-refractivity contribution in [3.8, 4) is 0 Å². The number of hydrogen-bond donors (Lipinski definition) is 3. The number of aliphatic carboxylic acids is 2. The van der Waals surface area contributed by atoms with Gasteiger partial charge >= 0.3 is 11.9 Å². The van der Waals surface area contributed by atoms with Gasteiger partial charge in [-0.15, -0.1) is 0 Å². The van der Waals surface area contributed by atoms with Crippen LogP contribution in [-0.2, 0) is 14.3 Å². The quantitative estimate of drug-likeness (QED) is 0.535. The van der Waals surface area contributed by atoms with Crippen molar-refractivity contribution in [2.24, 2.45) is 16.1 Å². The van der Waals surface area contributed by atoms with Gasteiger partial charge in [0.2, 0.25) is 5.41 Å². The van der Waals surface area contributed by atoms with E-state index in [1.165, 1.54) is 13.2 Å². The highest BCUT2D eigenvalue weighted by atomic mass is 16.5. The molecule has 0 radical (unpaired) electrons. The molecule has 0 aromatic heterocycles. The molecule has 1 rings (SSSR count). The van der Waals surface area contributed by atoms with Gasteiger partial charge in [0, 0.05) is 7.11 Å². The Balaban J connectivity index is 3.08. The Bertz CT molecular complexity index is 360. The molecule has 0 aromatic carbocycles. The number of hydrogen-bond acceptors (Lipinski definition) is 5. The maximum absolute atomic E-state index is 11.0. The highest BCUT2D eigenvalue weighted by molar-refractivity contribution is 6.06. The van der Waals surface area contributed by atoms with E-state index in [4.69, 9.17) is 20.7 Å². The summed E-state index contributed by atoms with van der Waals surface area (Å²) in [6, 6.07) is 0. The summed E-state index contributed by atoms with van der Waals surface area (Å²) < 4.78 is 4.79. The van der Waals surface area contributed by atoms with E-state index in [0.717, 1.165) is 6.08 Å². The lowest BCUT2D eigenvalue weighted by Gasteiger charge is -2.28. The number of nitrogens with two attached hydrogens (primary N) is 1. The summed E-state index contributed by atoms with van der Waals surface area (Å²) >= 11 is 0. The van der Waals surface area contributed by atoms with Gasteiger partial charge in [-0.05, 0) is 6.08 Å². The zero-order chi connectivity index (χ0) is 12.3. The molecule has 1 aliphatic heterocycles. The molecule has 0 saturated carbocycles. The third-order valence-electron chi connectivity index (χ3n) is 2.31. The molecule has 1 unspecified atom stereocenters. The van der Waals surface area contributed by atoms with Crippen LogP contribution >= 0.6 is 0 Å². The predicted octanol–water partition coefficient (Wildman–Crippen LogP) is -0.916. The lowest BCUT2D eigenvalue weighted by molar-refractivity contribution is -0.162. The summed E-state index contributed by atoms with van der Waals surface area (Å²) in [5.74, 6) is -3.08. The summed E-state index contributed by atoms with van der Waals surface area (Å²) in [5, 5.41) is 17.9. The Kier molecular flexibility index (Phi) is 3.41. The first kappa shape index (κ1) is 12.3. The number of rotatable bonds is 4. The van der Waals surface area contributed by atoms with Gasteiger partial charge < -0.3 is 20.7 Å². The van der Waals surface area contributed by atoms with E-state index in [2.05, 4.69) is 4.99 Å². The van der Waals surface area contributed by atoms with E-state index in [9.17, 15) is 9.59 Å². The van der Waals surface area contributed by atoms with Crippen molar-refractivity contribution in [3.05, 3.63) is 12.2 Å². The van der Waals surface area contributed by atoms with Crippen LogP contribution < -0.4 is 5.73 Å². The first-order valence-electron chi connectivity index (χ1n) is 4.42. The summed E-state index contributed by atoms with van der Waals surface area (Å²) in [6.45, 7) is 0.152. The van der Waals surface area contributed by atoms with E-state index >= 15 is 0 Å². The van der Waals surface area contributed by atoms with E-state index in [-0.39, 0.29) is 6.61 Å². The first-order valence-corrected chi connectivity index (χ1v) is 4.42. The fourth-order valence-corrected chi connectivity index (χ4v) is 1.37. The zero-order valence-electron chi connectivity index (χ0n) is 8.58. The van der Waals surface area contributed by atoms with Gasteiger partial charge in [0.25, 0.3) is 0 Å². The Morgan fingerprint density at radius 1 is 1.56 bits per heavy atom. The van der Waals surface area contributed by atoms with E-state index in [1.807, 2.05) is 0 Å². The summed E-state index contributed by atoms with van der Waals surface area (Å²) in [7, 11) is 1.44. The van der Waals surface area contributed by atoms with Crippen molar-refractivity contribution in [1.29, 1.82) is 0 Å². The van der Waals surface area contributed by atoms with Crippen LogP contribution in [0.3, 0.4) is 0 Å². The van der Waals surface area contributed by atoms with Crippen molar-refractivity contribution in [1.82, 2.24) is 0 Å². The lowest BCUT2D eigenvalue weighted by Crippen LogP contribution is -2.52. The second-order valence-electron chi connectivity index (χ2n) is 3.31. The minimum absolute atomic E-state index is 0.152. The van der Waals surface area contributed by atoms with E-state index < -0.39 is 23.5 Å². The van der Waals surface area contributed by atoms with Gasteiger partial charge in [-0.3, -0.25) is 14.6 Å². The predicted molar refractivity (Wildman–Crippen MR) is 54.1 cm³/mol. The average Bonchev–Trinajstić information content (AvgIpc) is 2.17. The smallest absolute Gasteiger partial charge is 0.328 e. The van der Waals surface area contributed by atoms with Crippen molar-refractivity contribution in [2.45, 2.75) is 6.17 Å². The van der Waals surface area contributed by atoms with Crippen molar-refractivity contribution >= 4 is 17.7 Å². The average molecular weight is 228 g/mol. The lowest BCUT2D eigenvalue weighted by atomic mass is 9.82. The Morgan fingerprint density at radius 3 is 2.50 bits per heavy atom. The molecule has 16 heavy (non-hydrogen) atoms. The molecule has 0 aliphatic carbocycles. The van der Waals surface area contributed by atoms with Gasteiger partial charge in [-0.1, -0.05) is 6.08 Å². The zero-order valence-corrected chi connectivity index (χ0v) is 8.58. The second-order valence-corrected chi connectivity index (χ2v) is 3.31. The molecular weight excluding hydrogens is 216 g/mol. The highest BCUT2D eigenvalue weighted by Crippen LogP contribution is 2.28. The number of ether oxygens (including phenoxy) is 1. The van der Waals surface area contributed by atoms with Crippen LogP contribution in [0.4, 0.5) is 0 Å². The summed E-state index contributed by atoms with van der Waals surface area (Å²) in [4.78, 5) is 25.7. The third-order valence-corrected chi connectivity index (χ3v) is 2.31. The normalized spacial score (nSPS) is 22.6. The molecule has 1 aliphatic rings. The minimum Gasteiger partial charge on any atom is -0.480 e. The molecule has 0 spiro atoms. The first-order chi connectivity index (χ1) is 7.45. The largest absolute Gasteiger partial charge is 0.480 e. The molecule has 4 N–H and O–H groups in total. The fraction of sp³-hybridized carbons (Fsp3) is 0.444. The molecule has 7 heteroatoms. The van der Waals surface area contributed by atoms with Crippen molar-refractivity contribution in [3.63, 3.8) is 0 Å². The number of nitrogens with zero attached hydrogens (tertiary/aromatic N) is 1. The standard InChI is InChI=1S/C9H12N2O5/c1-16-4-5-2-3-9(7(12)13,8(14)15)6(10)11-5/h2-3,6H,4,10H2,1H3,(H,12,13)(H,14,15). The van der Waals surface area contributed by atoms with Gasteiger partial charge in [0.15, 0.2) is 0 Å². The highest BCUT2D eigenvalue weighted by Gasteiger charge is 2.51. The molecule has 7 nitrogen and oxygen atoms in total. The number of dihydropyridines is 1. The number of carboxylic acids is 2. The third kappa shape index (κ3) is 1.82. The van der Waals surface area contributed by atoms with Crippen LogP contribution in [0.5, 0.6) is 0 Å². The Morgan fingerprint density at radius 2 is 2.12 bits per heavy atom. The van der Waals surface area contributed by atoms with Gasteiger partial charge in [0.1, 0.15) is 6.17 Å². The van der Waals surface area contributed by atoms with Crippen LogP contribution in [0.15, 0.2) is 17.1 Å². The number of carbonyl (C=O) groups is 2. The van der Waals surface area contributed by atoms with Crippen molar-refractivity contribution < 1.29 is 24.5 Å². The van der Waals surface area contributed by atoms with Crippen molar-refractivity contribution in [2.75, 3.05) is 13.7 Å². The van der Waals surface area contributed by atoms with Crippen LogP contribution in [0, 0.1) is 5.41 Å². The molecule has 1 atom stereocenters. The number of carboxylic acid groups (broad SMARTS) is 2. The van der Waals surface area contributed by atoms with Crippen LogP contribution in [0.25, 0.3) is 0 Å². The SMILES string of the molecule is COCC1=NC(N)C(C(=O)O)(C(=O)O)C=C1. The monoisotopic (exact) mass is 228 g/mol. The minimum atomic E-state index is -2.20. The molecule has 0 bridgehead atoms. The molecule has 0 saturated heterocycles. The fourth-order valence-electron chi connectivity index (χ4n) is 1.37. The topological polar surface area (TPSA) is 122 Å².